The van der Waals surface area contributed by atoms with Crippen LogP contribution in [-0.2, 0) is 4.79 Å². The monoisotopic (exact) mass is 259 g/mol. The van der Waals surface area contributed by atoms with Gasteiger partial charge in [0.15, 0.2) is 0 Å². The second-order valence-corrected chi connectivity index (χ2v) is 4.42. The standard InChI is InChI=1S/C12H15ClFNO2/c1-7(5-11(16)17)12(15-2)8-3-4-10(14)9(13)6-8/h3-4,6-7,12,15H,5H2,1-2H3,(H,16,17). The Kier molecular flexibility index (Phi) is 4.90. The molecular formula is C12H15ClFNO2. The van der Waals surface area contributed by atoms with Crippen LogP contribution in [0.25, 0.3) is 0 Å². The van der Waals surface area contributed by atoms with E-state index >= 15 is 0 Å². The Morgan fingerprint density at radius 3 is 2.71 bits per heavy atom. The Balaban J connectivity index is 2.92. The molecular weight excluding hydrogens is 245 g/mol. The van der Waals surface area contributed by atoms with E-state index in [1.165, 1.54) is 12.1 Å². The summed E-state index contributed by atoms with van der Waals surface area (Å²) in [6.07, 6.45) is 0.0422. The van der Waals surface area contributed by atoms with E-state index in [1.807, 2.05) is 6.92 Å². The molecule has 1 aromatic rings. The molecule has 2 N–H and O–H groups in total. The van der Waals surface area contributed by atoms with Crippen molar-refractivity contribution in [3.05, 3.63) is 34.6 Å². The molecule has 0 saturated heterocycles. The van der Waals surface area contributed by atoms with Gasteiger partial charge in [0.25, 0.3) is 0 Å². The maximum Gasteiger partial charge on any atom is 0.303 e. The largest absolute Gasteiger partial charge is 0.481 e. The van der Waals surface area contributed by atoms with Crippen LogP contribution in [0.1, 0.15) is 24.9 Å². The smallest absolute Gasteiger partial charge is 0.303 e. The van der Waals surface area contributed by atoms with Gasteiger partial charge < -0.3 is 10.4 Å². The Labute approximate surface area is 105 Å². The molecule has 0 radical (unpaired) electrons. The summed E-state index contributed by atoms with van der Waals surface area (Å²) < 4.78 is 13.0. The topological polar surface area (TPSA) is 49.3 Å². The molecule has 0 aliphatic rings. The van der Waals surface area contributed by atoms with Crippen molar-refractivity contribution in [2.45, 2.75) is 19.4 Å². The fourth-order valence-corrected chi connectivity index (χ4v) is 2.07. The molecule has 2 unspecified atom stereocenters. The van der Waals surface area contributed by atoms with Gasteiger partial charge in [0.05, 0.1) is 5.02 Å². The van der Waals surface area contributed by atoms with Crippen LogP contribution in [0.5, 0.6) is 0 Å². The van der Waals surface area contributed by atoms with Gasteiger partial charge in [-0.1, -0.05) is 24.6 Å². The number of benzene rings is 1. The first-order valence-corrected chi connectivity index (χ1v) is 5.67. The van der Waals surface area contributed by atoms with Crippen molar-refractivity contribution in [3.8, 4) is 0 Å². The Hall–Kier alpha value is -1.13. The molecule has 1 aromatic carbocycles. The minimum atomic E-state index is -0.856. The summed E-state index contributed by atoms with van der Waals surface area (Å²) in [6, 6.07) is 4.26. The average molecular weight is 260 g/mol. The molecule has 5 heteroatoms. The van der Waals surface area contributed by atoms with Crippen LogP contribution in [0.3, 0.4) is 0 Å². The third kappa shape index (κ3) is 3.68. The summed E-state index contributed by atoms with van der Waals surface area (Å²) in [5.74, 6) is -1.44. The highest BCUT2D eigenvalue weighted by atomic mass is 35.5. The van der Waals surface area contributed by atoms with Crippen LogP contribution >= 0.6 is 11.6 Å². The molecule has 0 aliphatic carbocycles. The predicted molar refractivity (Wildman–Crippen MR) is 64.6 cm³/mol. The molecule has 0 heterocycles. The van der Waals surface area contributed by atoms with Crippen LogP contribution < -0.4 is 5.32 Å². The third-order valence-corrected chi connectivity index (χ3v) is 2.97. The number of carbonyl (C=O) groups is 1. The molecule has 17 heavy (non-hydrogen) atoms. The van der Waals surface area contributed by atoms with E-state index in [-0.39, 0.29) is 23.4 Å². The molecule has 0 amide bonds. The first kappa shape index (κ1) is 13.9. The lowest BCUT2D eigenvalue weighted by molar-refractivity contribution is -0.138. The lowest BCUT2D eigenvalue weighted by Gasteiger charge is -2.23. The number of hydrogen-bond donors (Lipinski definition) is 2. The van der Waals surface area contributed by atoms with Crippen molar-refractivity contribution < 1.29 is 14.3 Å². The molecule has 0 fully saturated rings. The Bertz CT molecular complexity index is 411. The number of halogens is 2. The maximum atomic E-state index is 13.0. The van der Waals surface area contributed by atoms with Gasteiger partial charge in [-0.2, -0.15) is 0 Å². The Morgan fingerprint density at radius 1 is 1.59 bits per heavy atom. The zero-order valence-electron chi connectivity index (χ0n) is 9.71. The number of carboxylic acids is 1. The van der Waals surface area contributed by atoms with Crippen LogP contribution in [-0.4, -0.2) is 18.1 Å². The van der Waals surface area contributed by atoms with Gasteiger partial charge in [-0.15, -0.1) is 0 Å². The Morgan fingerprint density at radius 2 is 2.24 bits per heavy atom. The summed E-state index contributed by atoms with van der Waals surface area (Å²) >= 11 is 5.71. The van der Waals surface area contributed by atoms with Gasteiger partial charge in [0.1, 0.15) is 5.82 Å². The van der Waals surface area contributed by atoms with E-state index in [1.54, 1.807) is 13.1 Å². The third-order valence-electron chi connectivity index (χ3n) is 2.68. The summed E-state index contributed by atoms with van der Waals surface area (Å²) in [5.41, 5.74) is 0.785. The van der Waals surface area contributed by atoms with Gasteiger partial charge in [-0.3, -0.25) is 4.79 Å². The van der Waals surface area contributed by atoms with Crippen LogP contribution in [0, 0.1) is 11.7 Å². The quantitative estimate of drug-likeness (QED) is 0.855. The summed E-state index contributed by atoms with van der Waals surface area (Å²) in [6.45, 7) is 1.83. The summed E-state index contributed by atoms with van der Waals surface area (Å²) in [7, 11) is 1.74. The molecule has 0 bridgehead atoms. The van der Waals surface area contributed by atoms with Gasteiger partial charge in [-0.25, -0.2) is 4.39 Å². The van der Waals surface area contributed by atoms with Gasteiger partial charge >= 0.3 is 5.97 Å². The molecule has 0 aliphatic heterocycles. The van der Waals surface area contributed by atoms with E-state index in [9.17, 15) is 9.18 Å². The number of nitrogens with one attached hydrogen (secondary N) is 1. The van der Waals surface area contributed by atoms with Gasteiger partial charge in [0.2, 0.25) is 0 Å². The molecule has 0 saturated carbocycles. The highest BCUT2D eigenvalue weighted by molar-refractivity contribution is 6.30. The molecule has 0 aromatic heterocycles. The second-order valence-electron chi connectivity index (χ2n) is 4.02. The number of aliphatic carboxylic acids is 1. The minimum Gasteiger partial charge on any atom is -0.481 e. The van der Waals surface area contributed by atoms with E-state index < -0.39 is 11.8 Å². The fourth-order valence-electron chi connectivity index (χ4n) is 1.88. The fraction of sp³-hybridized carbons (Fsp3) is 0.417. The molecule has 94 valence electrons. The van der Waals surface area contributed by atoms with Crippen LogP contribution in [0.2, 0.25) is 5.02 Å². The van der Waals surface area contributed by atoms with Crippen molar-refractivity contribution in [1.82, 2.24) is 5.32 Å². The van der Waals surface area contributed by atoms with Crippen molar-refractivity contribution in [3.63, 3.8) is 0 Å². The van der Waals surface area contributed by atoms with Crippen molar-refractivity contribution in [2.24, 2.45) is 5.92 Å². The number of hydrogen-bond acceptors (Lipinski definition) is 2. The first-order valence-electron chi connectivity index (χ1n) is 5.29. The van der Waals surface area contributed by atoms with Crippen molar-refractivity contribution >= 4 is 17.6 Å². The highest BCUT2D eigenvalue weighted by Crippen LogP contribution is 2.27. The second kappa shape index (κ2) is 5.98. The first-order chi connectivity index (χ1) is 7.95. The zero-order chi connectivity index (χ0) is 13.0. The highest BCUT2D eigenvalue weighted by Gasteiger charge is 2.20. The SMILES string of the molecule is CNC(c1ccc(F)c(Cl)c1)C(C)CC(=O)O. The normalized spacial score (nSPS) is 14.4. The average Bonchev–Trinajstić information content (AvgIpc) is 2.23. The molecule has 2 atom stereocenters. The van der Waals surface area contributed by atoms with E-state index in [0.717, 1.165) is 5.56 Å². The summed E-state index contributed by atoms with van der Waals surface area (Å²) in [5, 5.41) is 11.8. The van der Waals surface area contributed by atoms with Crippen LogP contribution in [0.15, 0.2) is 18.2 Å². The molecule has 0 spiro atoms. The van der Waals surface area contributed by atoms with E-state index in [2.05, 4.69) is 5.32 Å². The van der Waals surface area contributed by atoms with Crippen LogP contribution in [0.4, 0.5) is 4.39 Å². The number of carboxylic acid groups (broad SMARTS) is 1. The minimum absolute atomic E-state index is 0.0422. The van der Waals surface area contributed by atoms with Crippen molar-refractivity contribution in [1.29, 1.82) is 0 Å². The zero-order valence-corrected chi connectivity index (χ0v) is 10.5. The van der Waals surface area contributed by atoms with Crippen molar-refractivity contribution in [2.75, 3.05) is 7.05 Å². The lowest BCUT2D eigenvalue weighted by atomic mass is 9.92. The van der Waals surface area contributed by atoms with E-state index in [0.29, 0.717) is 0 Å². The predicted octanol–water partition coefficient (Wildman–Crippen LogP) is 2.85. The molecule has 1 rings (SSSR count). The number of rotatable bonds is 5. The molecule has 3 nitrogen and oxygen atoms in total. The van der Waals surface area contributed by atoms with Gasteiger partial charge in [-0.05, 0) is 30.7 Å². The van der Waals surface area contributed by atoms with E-state index in [4.69, 9.17) is 16.7 Å². The maximum absolute atomic E-state index is 13.0. The van der Waals surface area contributed by atoms with Gasteiger partial charge in [0, 0.05) is 12.5 Å². The lowest BCUT2D eigenvalue weighted by Crippen LogP contribution is -2.25. The summed E-state index contributed by atoms with van der Waals surface area (Å²) in [4.78, 5) is 10.7.